The minimum atomic E-state index is -1.45. The van der Waals surface area contributed by atoms with Crippen molar-refractivity contribution < 1.29 is 23.5 Å². The molecule has 0 saturated carbocycles. The summed E-state index contributed by atoms with van der Waals surface area (Å²) in [6.45, 7) is 1.35. The summed E-state index contributed by atoms with van der Waals surface area (Å²) in [6, 6.07) is 1.75. The van der Waals surface area contributed by atoms with E-state index in [9.17, 15) is 18.4 Å². The highest BCUT2D eigenvalue weighted by Crippen LogP contribution is 2.30. The second-order valence-corrected chi connectivity index (χ2v) is 4.73. The lowest BCUT2D eigenvalue weighted by Crippen LogP contribution is -2.43. The van der Waals surface area contributed by atoms with Crippen LogP contribution >= 0.6 is 15.9 Å². The summed E-state index contributed by atoms with van der Waals surface area (Å²) in [7, 11) is 0. The molecular weight excluding hydrogens is 312 g/mol. The molecule has 7 heteroatoms. The largest absolute Gasteiger partial charge is 0.465 e. The molecule has 4 nitrogen and oxygen atoms in total. The summed E-state index contributed by atoms with van der Waals surface area (Å²) in [6.07, 6.45) is -1.21. The van der Waals surface area contributed by atoms with Crippen molar-refractivity contribution in [2.75, 3.05) is 0 Å². The maximum absolute atomic E-state index is 13.7. The van der Waals surface area contributed by atoms with Gasteiger partial charge in [-0.15, -0.1) is 0 Å². The third-order valence-electron chi connectivity index (χ3n) is 2.48. The zero-order valence-corrected chi connectivity index (χ0v) is 10.9. The maximum Gasteiger partial charge on any atom is 0.405 e. The van der Waals surface area contributed by atoms with Crippen molar-refractivity contribution >= 4 is 28.3 Å². The van der Waals surface area contributed by atoms with Crippen LogP contribution in [0, 0.1) is 11.6 Å². The number of hydrogen-bond acceptors (Lipinski definition) is 2. The van der Waals surface area contributed by atoms with Crippen molar-refractivity contribution in [3.05, 3.63) is 33.8 Å². The molecule has 1 amide bonds. The van der Waals surface area contributed by atoms with E-state index in [-0.39, 0.29) is 16.5 Å². The van der Waals surface area contributed by atoms with E-state index < -0.39 is 23.3 Å². The minimum absolute atomic E-state index is 0.0109. The molecule has 0 spiro atoms. The van der Waals surface area contributed by atoms with Crippen molar-refractivity contribution in [1.82, 2.24) is 5.32 Å². The first kappa shape index (κ1) is 14.6. The van der Waals surface area contributed by atoms with Gasteiger partial charge in [0.1, 0.15) is 17.9 Å². The number of benzene rings is 1. The Kier molecular flexibility index (Phi) is 4.39. The van der Waals surface area contributed by atoms with Gasteiger partial charge in [0.05, 0.1) is 10.0 Å². The molecule has 0 fully saturated rings. The molecule has 18 heavy (non-hydrogen) atoms. The van der Waals surface area contributed by atoms with E-state index in [1.807, 2.05) is 0 Å². The molecule has 0 aliphatic heterocycles. The van der Waals surface area contributed by atoms with Crippen molar-refractivity contribution in [1.29, 1.82) is 0 Å². The lowest BCUT2D eigenvalue weighted by atomic mass is 9.89. The number of carbonyl (C=O) groups is 2. The number of halogens is 3. The lowest BCUT2D eigenvalue weighted by molar-refractivity contribution is -0.109. The first-order valence-electron chi connectivity index (χ1n) is 4.90. The lowest BCUT2D eigenvalue weighted by Gasteiger charge is -2.28. The third-order valence-corrected chi connectivity index (χ3v) is 3.09. The molecule has 0 bridgehead atoms. The maximum atomic E-state index is 13.7. The molecule has 2 N–H and O–H groups in total. The van der Waals surface area contributed by atoms with E-state index in [1.165, 1.54) is 6.92 Å². The van der Waals surface area contributed by atoms with Gasteiger partial charge < -0.3 is 15.2 Å². The fourth-order valence-electron chi connectivity index (χ4n) is 1.58. The van der Waals surface area contributed by atoms with Gasteiger partial charge >= 0.3 is 6.09 Å². The molecule has 1 atom stereocenters. The molecule has 0 aliphatic rings. The van der Waals surface area contributed by atoms with Gasteiger partial charge in [-0.1, -0.05) is 0 Å². The first-order chi connectivity index (χ1) is 8.30. The van der Waals surface area contributed by atoms with E-state index in [2.05, 4.69) is 21.2 Å². The SMILES string of the molecule is CC(CC=O)(NC(=O)O)c1cc(Br)c(F)cc1F. The predicted molar refractivity (Wildman–Crippen MR) is 63.3 cm³/mol. The summed E-state index contributed by atoms with van der Waals surface area (Å²) in [5.74, 6) is -1.73. The molecule has 0 aliphatic carbocycles. The Bertz CT molecular complexity index is 495. The number of rotatable bonds is 4. The number of hydrogen-bond donors (Lipinski definition) is 2. The summed E-state index contributed by atoms with van der Waals surface area (Å²) in [4.78, 5) is 21.3. The normalized spacial score (nSPS) is 13.8. The van der Waals surface area contributed by atoms with Gasteiger partial charge in [-0.05, 0) is 28.9 Å². The summed E-state index contributed by atoms with van der Waals surface area (Å²) in [5.41, 5.74) is -1.56. The van der Waals surface area contributed by atoms with Crippen LogP contribution in [0.5, 0.6) is 0 Å². The topological polar surface area (TPSA) is 66.4 Å². The van der Waals surface area contributed by atoms with Gasteiger partial charge in [0.15, 0.2) is 0 Å². The molecule has 1 aromatic rings. The molecule has 98 valence electrons. The number of nitrogens with one attached hydrogen (secondary N) is 1. The summed E-state index contributed by atoms with van der Waals surface area (Å²) >= 11 is 2.88. The quantitative estimate of drug-likeness (QED) is 0.662. The fourth-order valence-corrected chi connectivity index (χ4v) is 1.92. The van der Waals surface area contributed by atoms with Crippen LogP contribution in [-0.4, -0.2) is 17.5 Å². The van der Waals surface area contributed by atoms with Gasteiger partial charge in [0, 0.05) is 18.1 Å². The van der Waals surface area contributed by atoms with E-state index in [0.29, 0.717) is 12.4 Å². The van der Waals surface area contributed by atoms with E-state index in [1.54, 1.807) is 0 Å². The molecule has 0 heterocycles. The standard InChI is InChI=1S/C11H10BrF2NO3/c1-11(2-3-16,15-10(17)18)6-4-7(12)9(14)5-8(6)13/h3-5,15H,2H2,1H3,(H,17,18). The van der Waals surface area contributed by atoms with Crippen LogP contribution in [0.2, 0.25) is 0 Å². The van der Waals surface area contributed by atoms with E-state index >= 15 is 0 Å². The Hall–Kier alpha value is -1.50. The monoisotopic (exact) mass is 321 g/mol. The fraction of sp³-hybridized carbons (Fsp3) is 0.273. The Morgan fingerprint density at radius 2 is 2.11 bits per heavy atom. The van der Waals surface area contributed by atoms with Gasteiger partial charge in [-0.3, -0.25) is 0 Å². The molecule has 0 saturated heterocycles. The third kappa shape index (κ3) is 3.04. The second kappa shape index (κ2) is 5.43. The number of carboxylic acid groups (broad SMARTS) is 1. The van der Waals surface area contributed by atoms with Gasteiger partial charge in [-0.2, -0.15) is 0 Å². The molecular formula is C11H10BrF2NO3. The van der Waals surface area contributed by atoms with Crippen molar-refractivity contribution in [2.45, 2.75) is 18.9 Å². The van der Waals surface area contributed by atoms with Crippen LogP contribution < -0.4 is 5.32 Å². The highest BCUT2D eigenvalue weighted by molar-refractivity contribution is 9.10. The highest BCUT2D eigenvalue weighted by atomic mass is 79.9. The average Bonchev–Trinajstić information content (AvgIpc) is 2.22. The average molecular weight is 322 g/mol. The zero-order chi connectivity index (χ0) is 13.9. The van der Waals surface area contributed by atoms with Crippen molar-refractivity contribution in [2.24, 2.45) is 0 Å². The van der Waals surface area contributed by atoms with Gasteiger partial charge in [-0.25, -0.2) is 13.6 Å². The molecule has 1 unspecified atom stereocenters. The summed E-state index contributed by atoms with van der Waals surface area (Å²) < 4.78 is 26.8. The van der Waals surface area contributed by atoms with Gasteiger partial charge in [0.2, 0.25) is 0 Å². The number of carbonyl (C=O) groups excluding carboxylic acids is 1. The Morgan fingerprint density at radius 1 is 1.50 bits per heavy atom. The Balaban J connectivity index is 3.33. The predicted octanol–water partition coefficient (Wildman–Crippen LogP) is 2.80. The minimum Gasteiger partial charge on any atom is -0.465 e. The second-order valence-electron chi connectivity index (χ2n) is 3.88. The molecule has 1 rings (SSSR count). The first-order valence-corrected chi connectivity index (χ1v) is 5.69. The Labute approximate surface area is 110 Å². The van der Waals surface area contributed by atoms with Crippen LogP contribution in [0.4, 0.5) is 13.6 Å². The van der Waals surface area contributed by atoms with E-state index in [0.717, 1.165) is 6.07 Å². The molecule has 0 radical (unpaired) electrons. The van der Waals surface area contributed by atoms with Crippen LogP contribution in [0.15, 0.2) is 16.6 Å². The molecule has 0 aromatic heterocycles. The Morgan fingerprint density at radius 3 is 2.61 bits per heavy atom. The highest BCUT2D eigenvalue weighted by Gasteiger charge is 2.32. The van der Waals surface area contributed by atoms with Crippen LogP contribution in [0.3, 0.4) is 0 Å². The van der Waals surface area contributed by atoms with Crippen LogP contribution in [0.1, 0.15) is 18.9 Å². The number of amides is 1. The van der Waals surface area contributed by atoms with Crippen molar-refractivity contribution in [3.63, 3.8) is 0 Å². The number of aldehydes is 1. The molecule has 1 aromatic carbocycles. The van der Waals surface area contributed by atoms with Crippen LogP contribution in [0.25, 0.3) is 0 Å². The van der Waals surface area contributed by atoms with Gasteiger partial charge in [0.25, 0.3) is 0 Å². The summed E-state index contributed by atoms with van der Waals surface area (Å²) in [5, 5.41) is 10.8. The zero-order valence-electron chi connectivity index (χ0n) is 9.34. The smallest absolute Gasteiger partial charge is 0.405 e. The van der Waals surface area contributed by atoms with Crippen molar-refractivity contribution in [3.8, 4) is 0 Å². The van der Waals surface area contributed by atoms with E-state index in [4.69, 9.17) is 5.11 Å². The van der Waals surface area contributed by atoms with Crippen LogP contribution in [-0.2, 0) is 10.3 Å².